The Morgan fingerprint density at radius 3 is 2.77 bits per heavy atom. The van der Waals surface area contributed by atoms with Gasteiger partial charge in [0.05, 0.1) is 18.3 Å². The zero-order valence-corrected chi connectivity index (χ0v) is 15.3. The van der Waals surface area contributed by atoms with Gasteiger partial charge in [0, 0.05) is 16.3 Å². The normalized spacial score (nSPS) is 12.9. The number of halogens is 1. The summed E-state index contributed by atoms with van der Waals surface area (Å²) in [4.78, 5) is 1.14. The van der Waals surface area contributed by atoms with E-state index in [1.807, 2.05) is 0 Å². The van der Waals surface area contributed by atoms with Gasteiger partial charge in [0.2, 0.25) is 10.0 Å². The van der Waals surface area contributed by atoms with Crippen molar-refractivity contribution in [2.24, 2.45) is 0 Å². The molecule has 1 atom stereocenters. The van der Waals surface area contributed by atoms with Crippen LogP contribution in [0.3, 0.4) is 0 Å². The molecule has 138 valence electrons. The molecule has 0 fully saturated rings. The lowest BCUT2D eigenvalue weighted by molar-refractivity contribution is 0.193. The summed E-state index contributed by atoms with van der Waals surface area (Å²) in [5, 5.41) is 10.2. The standard InChI is InChI=1S/C17H16FNO5S2/c1-23-14-6-5-12(9-13(14)18)26(21,22)19-10-11-4-7-16(25-11)17(20)15-3-2-8-24-15/h2-9,17,19-20H,10H2,1H3. The number of thiophene rings is 1. The van der Waals surface area contributed by atoms with Crippen molar-refractivity contribution in [3.63, 3.8) is 0 Å². The van der Waals surface area contributed by atoms with Gasteiger partial charge in [-0.2, -0.15) is 0 Å². The Morgan fingerprint density at radius 1 is 1.31 bits per heavy atom. The molecule has 0 saturated carbocycles. The van der Waals surface area contributed by atoms with Gasteiger partial charge < -0.3 is 14.3 Å². The van der Waals surface area contributed by atoms with Gasteiger partial charge in [0.15, 0.2) is 11.6 Å². The fourth-order valence-corrected chi connectivity index (χ4v) is 4.34. The second-order valence-corrected chi connectivity index (χ2v) is 8.31. The highest BCUT2D eigenvalue weighted by molar-refractivity contribution is 7.89. The molecule has 9 heteroatoms. The van der Waals surface area contributed by atoms with Crippen molar-refractivity contribution in [1.82, 2.24) is 4.72 Å². The zero-order chi connectivity index (χ0) is 18.7. The molecule has 1 unspecified atom stereocenters. The van der Waals surface area contributed by atoms with Gasteiger partial charge in [-0.3, -0.25) is 0 Å². The first-order valence-electron chi connectivity index (χ1n) is 7.54. The van der Waals surface area contributed by atoms with Gasteiger partial charge in [-0.05, 0) is 42.5 Å². The molecule has 2 heterocycles. The van der Waals surface area contributed by atoms with E-state index in [9.17, 15) is 17.9 Å². The van der Waals surface area contributed by atoms with Crippen LogP contribution in [0.2, 0.25) is 0 Å². The highest BCUT2D eigenvalue weighted by Gasteiger charge is 2.19. The fraction of sp³-hybridized carbons (Fsp3) is 0.176. The van der Waals surface area contributed by atoms with E-state index >= 15 is 0 Å². The van der Waals surface area contributed by atoms with Crippen molar-refractivity contribution in [3.8, 4) is 5.75 Å². The van der Waals surface area contributed by atoms with E-state index in [0.717, 1.165) is 6.07 Å². The lowest BCUT2D eigenvalue weighted by Gasteiger charge is -2.08. The van der Waals surface area contributed by atoms with Crippen molar-refractivity contribution in [3.05, 3.63) is 70.1 Å². The fourth-order valence-electron chi connectivity index (χ4n) is 2.29. The van der Waals surface area contributed by atoms with Gasteiger partial charge in [-0.1, -0.05) is 0 Å². The summed E-state index contributed by atoms with van der Waals surface area (Å²) in [6, 6.07) is 10.2. The van der Waals surface area contributed by atoms with Crippen LogP contribution in [0, 0.1) is 5.82 Å². The number of hydrogen-bond donors (Lipinski definition) is 2. The van der Waals surface area contributed by atoms with E-state index in [1.165, 1.54) is 36.8 Å². The van der Waals surface area contributed by atoms with Gasteiger partial charge >= 0.3 is 0 Å². The highest BCUT2D eigenvalue weighted by atomic mass is 32.2. The van der Waals surface area contributed by atoms with Gasteiger partial charge in [-0.15, -0.1) is 11.3 Å². The van der Waals surface area contributed by atoms with Crippen molar-refractivity contribution in [2.75, 3.05) is 7.11 Å². The molecule has 0 aliphatic carbocycles. The van der Waals surface area contributed by atoms with E-state index in [2.05, 4.69) is 4.72 Å². The largest absolute Gasteiger partial charge is 0.494 e. The van der Waals surface area contributed by atoms with Crippen molar-refractivity contribution >= 4 is 21.4 Å². The Bertz CT molecular complexity index is 983. The van der Waals surface area contributed by atoms with Crippen LogP contribution in [0.15, 0.2) is 58.0 Å². The molecular formula is C17H16FNO5S2. The molecule has 0 spiro atoms. The van der Waals surface area contributed by atoms with Crippen LogP contribution < -0.4 is 9.46 Å². The number of ether oxygens (including phenoxy) is 1. The molecule has 0 aliphatic heterocycles. The summed E-state index contributed by atoms with van der Waals surface area (Å²) in [6.45, 7) is 0.0194. The number of aliphatic hydroxyl groups excluding tert-OH is 1. The number of sulfonamides is 1. The van der Waals surface area contributed by atoms with E-state index < -0.39 is 21.9 Å². The Kier molecular flexibility index (Phi) is 5.42. The third kappa shape index (κ3) is 3.96. The second-order valence-electron chi connectivity index (χ2n) is 5.34. The van der Waals surface area contributed by atoms with Crippen LogP contribution >= 0.6 is 11.3 Å². The maximum atomic E-state index is 13.7. The Morgan fingerprint density at radius 2 is 2.12 bits per heavy atom. The quantitative estimate of drug-likeness (QED) is 0.640. The Hall–Kier alpha value is -2.20. The van der Waals surface area contributed by atoms with E-state index in [4.69, 9.17) is 9.15 Å². The van der Waals surface area contributed by atoms with E-state index in [0.29, 0.717) is 15.5 Å². The molecule has 2 aromatic heterocycles. The summed E-state index contributed by atoms with van der Waals surface area (Å²) in [5.41, 5.74) is 0. The Labute approximate surface area is 153 Å². The molecule has 3 aromatic rings. The molecule has 0 aliphatic rings. The molecule has 0 amide bonds. The topological polar surface area (TPSA) is 88.8 Å². The predicted molar refractivity (Wildman–Crippen MR) is 94.1 cm³/mol. The van der Waals surface area contributed by atoms with Crippen LogP contribution in [0.1, 0.15) is 21.6 Å². The lowest BCUT2D eigenvalue weighted by Crippen LogP contribution is -2.22. The van der Waals surface area contributed by atoms with Crippen LogP contribution in [0.4, 0.5) is 4.39 Å². The molecule has 1 aromatic carbocycles. The molecule has 2 N–H and O–H groups in total. The second kappa shape index (κ2) is 7.58. The maximum Gasteiger partial charge on any atom is 0.241 e. The van der Waals surface area contributed by atoms with Crippen molar-refractivity contribution in [2.45, 2.75) is 17.5 Å². The van der Waals surface area contributed by atoms with Crippen LogP contribution in [0.5, 0.6) is 5.75 Å². The average molecular weight is 397 g/mol. The monoisotopic (exact) mass is 397 g/mol. The van der Waals surface area contributed by atoms with Crippen LogP contribution in [0.25, 0.3) is 0 Å². The molecular weight excluding hydrogens is 381 g/mol. The first-order valence-corrected chi connectivity index (χ1v) is 9.84. The number of rotatable bonds is 7. The maximum absolute atomic E-state index is 13.7. The van der Waals surface area contributed by atoms with Crippen LogP contribution in [-0.4, -0.2) is 20.6 Å². The zero-order valence-electron chi connectivity index (χ0n) is 13.7. The lowest BCUT2D eigenvalue weighted by atomic mass is 10.2. The van der Waals surface area contributed by atoms with E-state index in [1.54, 1.807) is 24.3 Å². The first-order chi connectivity index (χ1) is 12.4. The van der Waals surface area contributed by atoms with Gasteiger partial charge in [0.1, 0.15) is 11.9 Å². The third-order valence-electron chi connectivity index (χ3n) is 3.63. The summed E-state index contributed by atoms with van der Waals surface area (Å²) in [6.07, 6.45) is 0.561. The summed E-state index contributed by atoms with van der Waals surface area (Å²) in [5.74, 6) is -0.373. The van der Waals surface area contributed by atoms with Gasteiger partial charge in [-0.25, -0.2) is 17.5 Å². The number of nitrogens with one attached hydrogen (secondary N) is 1. The molecule has 26 heavy (non-hydrogen) atoms. The minimum absolute atomic E-state index is 0.0194. The molecule has 6 nitrogen and oxygen atoms in total. The number of furan rings is 1. The number of benzene rings is 1. The summed E-state index contributed by atoms with van der Waals surface area (Å²) in [7, 11) is -2.58. The smallest absolute Gasteiger partial charge is 0.241 e. The molecule has 0 saturated heterocycles. The minimum atomic E-state index is -3.88. The number of hydrogen-bond acceptors (Lipinski definition) is 6. The minimum Gasteiger partial charge on any atom is -0.494 e. The molecule has 0 bridgehead atoms. The average Bonchev–Trinajstić information content (AvgIpc) is 3.31. The third-order valence-corrected chi connectivity index (χ3v) is 6.17. The summed E-state index contributed by atoms with van der Waals surface area (Å²) >= 11 is 1.25. The summed E-state index contributed by atoms with van der Waals surface area (Å²) < 4.78 is 50.7. The van der Waals surface area contributed by atoms with E-state index in [-0.39, 0.29) is 17.2 Å². The van der Waals surface area contributed by atoms with Crippen LogP contribution in [-0.2, 0) is 16.6 Å². The molecule has 0 radical (unpaired) electrons. The predicted octanol–water partition coefficient (Wildman–Crippen LogP) is 3.05. The highest BCUT2D eigenvalue weighted by Crippen LogP contribution is 2.29. The van der Waals surface area contributed by atoms with Crippen molar-refractivity contribution < 1.29 is 27.1 Å². The molecule has 3 rings (SSSR count). The van der Waals surface area contributed by atoms with Gasteiger partial charge in [0.25, 0.3) is 0 Å². The Balaban J connectivity index is 1.69. The SMILES string of the molecule is COc1ccc(S(=O)(=O)NCc2ccc(C(O)c3ccco3)s2)cc1F. The van der Waals surface area contributed by atoms with Crippen molar-refractivity contribution in [1.29, 1.82) is 0 Å². The first kappa shape index (κ1) is 18.6. The number of aliphatic hydroxyl groups is 1. The number of methoxy groups -OCH3 is 1.